The molecule has 0 unspecified atom stereocenters. The number of aromatic nitrogens is 1. The van der Waals surface area contributed by atoms with Gasteiger partial charge in [-0.25, -0.2) is 0 Å². The molecule has 0 radical (unpaired) electrons. The molecular weight excluding hydrogens is 342 g/mol. The molecule has 2 aromatic rings. The van der Waals surface area contributed by atoms with Gasteiger partial charge in [-0.3, -0.25) is 14.4 Å². The van der Waals surface area contributed by atoms with E-state index in [1.807, 2.05) is 6.92 Å². The topological polar surface area (TPSA) is 80.2 Å². The van der Waals surface area contributed by atoms with Crippen LogP contribution < -0.4 is 16.2 Å². The standard InChI is InChI=1S/C21H27N3O3/c1-3-4-5-6-12-22-21(27)17-7-9-18(10-8-17)23-19(25)15-24-13-11-16(2)14-20(24)26/h7-11,13-14H,3-6,12,15H2,1-2H3,(H,22,27)(H,23,25). The van der Waals surface area contributed by atoms with E-state index in [2.05, 4.69) is 17.6 Å². The van der Waals surface area contributed by atoms with Crippen molar-refractivity contribution in [2.45, 2.75) is 46.1 Å². The van der Waals surface area contributed by atoms with Crippen LogP contribution in [0.1, 0.15) is 48.5 Å². The van der Waals surface area contributed by atoms with Crippen LogP contribution in [-0.4, -0.2) is 22.9 Å². The number of nitrogens with one attached hydrogen (secondary N) is 2. The molecule has 2 amide bonds. The molecule has 0 aliphatic heterocycles. The summed E-state index contributed by atoms with van der Waals surface area (Å²) in [7, 11) is 0. The Hall–Kier alpha value is -2.89. The lowest BCUT2D eigenvalue weighted by molar-refractivity contribution is -0.116. The zero-order chi connectivity index (χ0) is 19.6. The van der Waals surface area contributed by atoms with Crippen molar-refractivity contribution in [3.8, 4) is 0 Å². The number of hydrogen-bond acceptors (Lipinski definition) is 3. The van der Waals surface area contributed by atoms with Crippen LogP contribution in [0.25, 0.3) is 0 Å². The Labute approximate surface area is 159 Å². The third kappa shape index (κ3) is 6.73. The first-order valence-corrected chi connectivity index (χ1v) is 9.35. The van der Waals surface area contributed by atoms with Gasteiger partial charge in [0.25, 0.3) is 11.5 Å². The van der Waals surface area contributed by atoms with Gasteiger partial charge in [-0.15, -0.1) is 0 Å². The van der Waals surface area contributed by atoms with Crippen molar-refractivity contribution < 1.29 is 9.59 Å². The highest BCUT2D eigenvalue weighted by molar-refractivity contribution is 5.95. The molecule has 6 nitrogen and oxygen atoms in total. The summed E-state index contributed by atoms with van der Waals surface area (Å²) in [5.41, 5.74) is 1.78. The van der Waals surface area contributed by atoms with Crippen molar-refractivity contribution in [2.75, 3.05) is 11.9 Å². The van der Waals surface area contributed by atoms with Gasteiger partial charge in [0.2, 0.25) is 5.91 Å². The van der Waals surface area contributed by atoms with E-state index in [-0.39, 0.29) is 23.9 Å². The van der Waals surface area contributed by atoms with Crippen molar-refractivity contribution in [1.82, 2.24) is 9.88 Å². The summed E-state index contributed by atoms with van der Waals surface area (Å²) in [6, 6.07) is 9.99. The number of benzene rings is 1. The van der Waals surface area contributed by atoms with Gasteiger partial charge in [-0.05, 0) is 49.2 Å². The number of rotatable bonds is 9. The van der Waals surface area contributed by atoms with Crippen molar-refractivity contribution in [3.63, 3.8) is 0 Å². The zero-order valence-electron chi connectivity index (χ0n) is 16.0. The predicted octanol–water partition coefficient (Wildman–Crippen LogP) is 3.11. The summed E-state index contributed by atoms with van der Waals surface area (Å²) in [5.74, 6) is -0.412. The molecule has 0 atom stereocenters. The maximum atomic E-state index is 12.1. The number of anilines is 1. The Morgan fingerprint density at radius 2 is 1.78 bits per heavy atom. The first-order chi connectivity index (χ1) is 13.0. The Kier molecular flexibility index (Phi) is 7.79. The third-order valence-electron chi connectivity index (χ3n) is 4.21. The maximum Gasteiger partial charge on any atom is 0.251 e. The molecule has 0 fully saturated rings. The van der Waals surface area contributed by atoms with E-state index in [1.54, 1.807) is 36.5 Å². The van der Waals surface area contributed by atoms with Crippen molar-refractivity contribution >= 4 is 17.5 Å². The quantitative estimate of drug-likeness (QED) is 0.667. The van der Waals surface area contributed by atoms with E-state index in [0.717, 1.165) is 18.4 Å². The molecule has 144 valence electrons. The fourth-order valence-electron chi connectivity index (χ4n) is 2.65. The minimum Gasteiger partial charge on any atom is -0.352 e. The average molecular weight is 369 g/mol. The third-order valence-corrected chi connectivity index (χ3v) is 4.21. The summed E-state index contributed by atoms with van der Waals surface area (Å²) in [5, 5.41) is 5.63. The number of carbonyl (C=O) groups excluding carboxylic acids is 2. The van der Waals surface area contributed by atoms with Crippen LogP contribution in [0.15, 0.2) is 47.4 Å². The molecule has 0 aliphatic rings. The molecule has 0 bridgehead atoms. The Balaban J connectivity index is 1.84. The maximum absolute atomic E-state index is 12.1. The van der Waals surface area contributed by atoms with E-state index in [9.17, 15) is 14.4 Å². The molecular formula is C21H27N3O3. The second kappa shape index (κ2) is 10.3. The summed E-state index contributed by atoms with van der Waals surface area (Å²) in [6.45, 7) is 4.59. The SMILES string of the molecule is CCCCCCNC(=O)c1ccc(NC(=O)Cn2ccc(C)cc2=O)cc1. The van der Waals surface area contributed by atoms with E-state index in [4.69, 9.17) is 0 Å². The summed E-state index contributed by atoms with van der Waals surface area (Å²) >= 11 is 0. The van der Waals surface area contributed by atoms with Gasteiger partial charge < -0.3 is 15.2 Å². The molecule has 27 heavy (non-hydrogen) atoms. The van der Waals surface area contributed by atoms with Crippen LogP contribution in [0.4, 0.5) is 5.69 Å². The first kappa shape index (κ1) is 20.4. The normalized spacial score (nSPS) is 10.4. The fraction of sp³-hybridized carbons (Fsp3) is 0.381. The van der Waals surface area contributed by atoms with Crippen LogP contribution in [0.2, 0.25) is 0 Å². The second-order valence-corrected chi connectivity index (χ2v) is 6.61. The molecule has 0 spiro atoms. The summed E-state index contributed by atoms with van der Waals surface area (Å²) in [6.07, 6.45) is 6.04. The minimum absolute atomic E-state index is 0.0564. The van der Waals surface area contributed by atoms with E-state index in [1.165, 1.54) is 23.5 Å². The highest BCUT2D eigenvalue weighted by Gasteiger charge is 2.08. The number of hydrogen-bond donors (Lipinski definition) is 2. The Morgan fingerprint density at radius 3 is 2.44 bits per heavy atom. The largest absolute Gasteiger partial charge is 0.352 e. The van der Waals surface area contributed by atoms with Gasteiger partial charge in [0.15, 0.2) is 0 Å². The number of amides is 2. The van der Waals surface area contributed by atoms with Crippen LogP contribution in [0, 0.1) is 6.92 Å². The zero-order valence-corrected chi connectivity index (χ0v) is 16.0. The van der Waals surface area contributed by atoms with E-state index >= 15 is 0 Å². The number of carbonyl (C=O) groups is 2. The smallest absolute Gasteiger partial charge is 0.251 e. The molecule has 0 aliphatic carbocycles. The molecule has 0 saturated carbocycles. The average Bonchev–Trinajstić information content (AvgIpc) is 2.64. The number of nitrogens with zero attached hydrogens (tertiary/aromatic N) is 1. The van der Waals surface area contributed by atoms with Gasteiger partial charge in [0.1, 0.15) is 6.54 Å². The fourth-order valence-corrected chi connectivity index (χ4v) is 2.65. The molecule has 2 rings (SSSR count). The highest BCUT2D eigenvalue weighted by atomic mass is 16.2. The highest BCUT2D eigenvalue weighted by Crippen LogP contribution is 2.10. The van der Waals surface area contributed by atoms with Gasteiger partial charge in [0, 0.05) is 30.1 Å². The summed E-state index contributed by atoms with van der Waals surface area (Å²) in [4.78, 5) is 36.0. The lowest BCUT2D eigenvalue weighted by atomic mass is 10.1. The minimum atomic E-state index is -0.297. The first-order valence-electron chi connectivity index (χ1n) is 9.35. The van der Waals surface area contributed by atoms with Gasteiger partial charge in [0.05, 0.1) is 0 Å². The monoisotopic (exact) mass is 369 g/mol. The summed E-state index contributed by atoms with van der Waals surface area (Å²) < 4.78 is 1.35. The van der Waals surface area contributed by atoms with Gasteiger partial charge in [-0.1, -0.05) is 26.2 Å². The van der Waals surface area contributed by atoms with Gasteiger partial charge >= 0.3 is 0 Å². The second-order valence-electron chi connectivity index (χ2n) is 6.61. The van der Waals surface area contributed by atoms with Crippen molar-refractivity contribution in [2.24, 2.45) is 0 Å². The lowest BCUT2D eigenvalue weighted by Gasteiger charge is -2.09. The molecule has 1 heterocycles. The van der Waals surface area contributed by atoms with Crippen LogP contribution in [-0.2, 0) is 11.3 Å². The number of aryl methyl sites for hydroxylation is 1. The predicted molar refractivity (Wildman–Crippen MR) is 107 cm³/mol. The molecule has 1 aromatic carbocycles. The molecule has 6 heteroatoms. The van der Waals surface area contributed by atoms with E-state index < -0.39 is 0 Å². The molecule has 0 saturated heterocycles. The molecule has 2 N–H and O–H groups in total. The number of pyridine rings is 1. The van der Waals surface area contributed by atoms with E-state index in [0.29, 0.717) is 17.8 Å². The van der Waals surface area contributed by atoms with Crippen LogP contribution in [0.5, 0.6) is 0 Å². The van der Waals surface area contributed by atoms with Crippen molar-refractivity contribution in [3.05, 3.63) is 64.1 Å². The van der Waals surface area contributed by atoms with Crippen LogP contribution in [0.3, 0.4) is 0 Å². The Bertz CT molecular complexity index is 825. The molecule has 1 aromatic heterocycles. The van der Waals surface area contributed by atoms with Gasteiger partial charge in [-0.2, -0.15) is 0 Å². The number of unbranched alkanes of at least 4 members (excludes halogenated alkanes) is 3. The Morgan fingerprint density at radius 1 is 1.04 bits per heavy atom. The van der Waals surface area contributed by atoms with Crippen LogP contribution >= 0.6 is 0 Å². The van der Waals surface area contributed by atoms with Crippen molar-refractivity contribution in [1.29, 1.82) is 0 Å². The lowest BCUT2D eigenvalue weighted by Crippen LogP contribution is -2.27.